The number of benzene rings is 1. The van der Waals surface area contributed by atoms with Crippen molar-refractivity contribution in [3.05, 3.63) is 35.4 Å². The molecular formula is C13H12F2O2. The quantitative estimate of drug-likeness (QED) is 0.742. The van der Waals surface area contributed by atoms with Gasteiger partial charge < -0.3 is 0 Å². The summed E-state index contributed by atoms with van der Waals surface area (Å²) >= 11 is 0. The molecule has 0 radical (unpaired) electrons. The van der Waals surface area contributed by atoms with Crippen LogP contribution in [0.5, 0.6) is 0 Å². The molecule has 1 aromatic carbocycles. The molecule has 1 aliphatic carbocycles. The third-order valence-corrected chi connectivity index (χ3v) is 3.12. The van der Waals surface area contributed by atoms with Crippen molar-refractivity contribution in [1.82, 2.24) is 0 Å². The summed E-state index contributed by atoms with van der Waals surface area (Å²) in [4.78, 5) is 23.0. The average molecular weight is 238 g/mol. The van der Waals surface area contributed by atoms with E-state index in [1.807, 2.05) is 0 Å². The van der Waals surface area contributed by atoms with E-state index in [1.54, 1.807) is 0 Å². The number of Topliss-reactive ketones (excluding diaryl/α,β-unsaturated/α-hetero) is 2. The van der Waals surface area contributed by atoms with Gasteiger partial charge in [-0.25, -0.2) is 8.78 Å². The van der Waals surface area contributed by atoms with Gasteiger partial charge in [-0.3, -0.25) is 9.59 Å². The predicted octanol–water partition coefficient (Wildman–Crippen LogP) is 2.91. The summed E-state index contributed by atoms with van der Waals surface area (Å²) in [7, 11) is 0. The van der Waals surface area contributed by atoms with Crippen molar-refractivity contribution in [3.63, 3.8) is 0 Å². The van der Waals surface area contributed by atoms with Crippen LogP contribution >= 0.6 is 0 Å². The molecule has 1 aliphatic rings. The standard InChI is InChI=1S/C13H12F2O2/c14-11-6-3-9(7-12(11)15)13(17)8-1-4-10(16)5-2-8/h3,6-8H,1-2,4-5H2. The molecule has 17 heavy (non-hydrogen) atoms. The molecule has 0 heterocycles. The zero-order valence-corrected chi connectivity index (χ0v) is 9.21. The van der Waals surface area contributed by atoms with Crippen LogP contribution in [0.2, 0.25) is 0 Å². The Bertz CT molecular complexity index is 458. The maximum atomic E-state index is 13.0. The van der Waals surface area contributed by atoms with Crippen LogP contribution in [0.15, 0.2) is 18.2 Å². The monoisotopic (exact) mass is 238 g/mol. The van der Waals surface area contributed by atoms with E-state index in [1.165, 1.54) is 6.07 Å². The maximum absolute atomic E-state index is 13.0. The largest absolute Gasteiger partial charge is 0.300 e. The van der Waals surface area contributed by atoms with Gasteiger partial charge in [0.15, 0.2) is 17.4 Å². The molecule has 4 heteroatoms. The van der Waals surface area contributed by atoms with Gasteiger partial charge in [0.25, 0.3) is 0 Å². The first-order valence-electron chi connectivity index (χ1n) is 5.59. The van der Waals surface area contributed by atoms with E-state index < -0.39 is 11.6 Å². The summed E-state index contributed by atoms with van der Waals surface area (Å²) in [5.41, 5.74) is 0.184. The van der Waals surface area contributed by atoms with Crippen LogP contribution in [0.4, 0.5) is 8.78 Å². The van der Waals surface area contributed by atoms with Gasteiger partial charge in [-0.15, -0.1) is 0 Å². The second-order valence-corrected chi connectivity index (χ2v) is 4.31. The summed E-state index contributed by atoms with van der Waals surface area (Å²) in [5, 5.41) is 0. The molecular weight excluding hydrogens is 226 g/mol. The Labute approximate surface area is 97.6 Å². The van der Waals surface area contributed by atoms with Crippen LogP contribution in [0.3, 0.4) is 0 Å². The number of hydrogen-bond donors (Lipinski definition) is 0. The Morgan fingerprint density at radius 2 is 1.76 bits per heavy atom. The number of carbonyl (C=O) groups is 2. The summed E-state index contributed by atoms with van der Waals surface area (Å²) in [6, 6.07) is 3.17. The highest BCUT2D eigenvalue weighted by Gasteiger charge is 2.26. The van der Waals surface area contributed by atoms with Gasteiger partial charge >= 0.3 is 0 Å². The maximum Gasteiger partial charge on any atom is 0.166 e. The van der Waals surface area contributed by atoms with E-state index in [9.17, 15) is 18.4 Å². The van der Waals surface area contributed by atoms with Crippen LogP contribution in [-0.2, 0) is 4.79 Å². The molecule has 0 saturated heterocycles. The summed E-state index contributed by atoms with van der Waals surface area (Å²) in [6.45, 7) is 0. The lowest BCUT2D eigenvalue weighted by Gasteiger charge is -2.19. The first kappa shape index (κ1) is 11.9. The molecule has 2 nitrogen and oxygen atoms in total. The minimum absolute atomic E-state index is 0.166. The lowest BCUT2D eigenvalue weighted by atomic mass is 9.83. The number of halogens is 2. The van der Waals surface area contributed by atoms with Crippen molar-refractivity contribution >= 4 is 11.6 Å². The molecule has 0 N–H and O–H groups in total. The Balaban J connectivity index is 2.14. The van der Waals surface area contributed by atoms with E-state index in [-0.39, 0.29) is 23.0 Å². The minimum Gasteiger partial charge on any atom is -0.300 e. The highest BCUT2D eigenvalue weighted by molar-refractivity contribution is 5.98. The predicted molar refractivity (Wildman–Crippen MR) is 57.7 cm³/mol. The highest BCUT2D eigenvalue weighted by Crippen LogP contribution is 2.25. The van der Waals surface area contributed by atoms with Crippen molar-refractivity contribution in [2.75, 3.05) is 0 Å². The van der Waals surface area contributed by atoms with E-state index in [0.29, 0.717) is 25.7 Å². The van der Waals surface area contributed by atoms with Gasteiger partial charge in [0, 0.05) is 24.3 Å². The number of rotatable bonds is 2. The molecule has 90 valence electrons. The van der Waals surface area contributed by atoms with Gasteiger partial charge in [-0.2, -0.15) is 0 Å². The molecule has 0 bridgehead atoms. The van der Waals surface area contributed by atoms with Crippen molar-refractivity contribution in [1.29, 1.82) is 0 Å². The molecule has 0 spiro atoms. The van der Waals surface area contributed by atoms with Crippen molar-refractivity contribution in [2.45, 2.75) is 25.7 Å². The van der Waals surface area contributed by atoms with Gasteiger partial charge in [0.1, 0.15) is 5.78 Å². The Hall–Kier alpha value is -1.58. The fourth-order valence-electron chi connectivity index (χ4n) is 2.09. The third-order valence-electron chi connectivity index (χ3n) is 3.12. The topological polar surface area (TPSA) is 34.1 Å². The first-order chi connectivity index (χ1) is 8.08. The highest BCUT2D eigenvalue weighted by atomic mass is 19.2. The molecule has 0 aromatic heterocycles. The van der Waals surface area contributed by atoms with Crippen molar-refractivity contribution < 1.29 is 18.4 Å². The molecule has 2 rings (SSSR count). The lowest BCUT2D eigenvalue weighted by molar-refractivity contribution is -0.120. The average Bonchev–Trinajstić information content (AvgIpc) is 2.33. The Morgan fingerprint density at radius 3 is 2.35 bits per heavy atom. The number of carbonyl (C=O) groups excluding carboxylic acids is 2. The molecule has 1 fully saturated rings. The van der Waals surface area contributed by atoms with Crippen LogP contribution < -0.4 is 0 Å². The van der Waals surface area contributed by atoms with Gasteiger partial charge in [0.2, 0.25) is 0 Å². The lowest BCUT2D eigenvalue weighted by Crippen LogP contribution is -2.22. The minimum atomic E-state index is -1.01. The fraction of sp³-hybridized carbons (Fsp3) is 0.385. The van der Waals surface area contributed by atoms with E-state index in [0.717, 1.165) is 12.1 Å². The number of hydrogen-bond acceptors (Lipinski definition) is 2. The second kappa shape index (κ2) is 4.73. The molecule has 1 saturated carbocycles. The van der Waals surface area contributed by atoms with Crippen LogP contribution in [0.1, 0.15) is 36.0 Å². The normalized spacial score (nSPS) is 17.2. The number of ketones is 2. The van der Waals surface area contributed by atoms with Gasteiger partial charge in [-0.05, 0) is 31.0 Å². The smallest absolute Gasteiger partial charge is 0.166 e. The zero-order chi connectivity index (χ0) is 12.4. The zero-order valence-electron chi connectivity index (χ0n) is 9.21. The van der Waals surface area contributed by atoms with Crippen LogP contribution in [-0.4, -0.2) is 11.6 Å². The molecule has 0 aliphatic heterocycles. The Kier molecular flexibility index (Phi) is 3.31. The van der Waals surface area contributed by atoms with Gasteiger partial charge in [-0.1, -0.05) is 0 Å². The Morgan fingerprint density at radius 1 is 1.12 bits per heavy atom. The first-order valence-corrected chi connectivity index (χ1v) is 5.59. The summed E-state index contributed by atoms with van der Waals surface area (Å²) in [5.74, 6) is -2.24. The molecule has 0 amide bonds. The molecule has 0 unspecified atom stereocenters. The van der Waals surface area contributed by atoms with E-state index in [2.05, 4.69) is 0 Å². The second-order valence-electron chi connectivity index (χ2n) is 4.31. The van der Waals surface area contributed by atoms with Crippen molar-refractivity contribution in [2.24, 2.45) is 5.92 Å². The fourth-order valence-corrected chi connectivity index (χ4v) is 2.09. The SMILES string of the molecule is O=C1CCC(C(=O)c2ccc(F)c(F)c2)CC1. The molecule has 1 aromatic rings. The summed E-state index contributed by atoms with van der Waals surface area (Å²) < 4.78 is 25.7. The van der Waals surface area contributed by atoms with E-state index >= 15 is 0 Å². The van der Waals surface area contributed by atoms with E-state index in [4.69, 9.17) is 0 Å². The van der Waals surface area contributed by atoms with Crippen LogP contribution in [0.25, 0.3) is 0 Å². The third kappa shape index (κ3) is 2.57. The van der Waals surface area contributed by atoms with Crippen molar-refractivity contribution in [3.8, 4) is 0 Å². The van der Waals surface area contributed by atoms with Gasteiger partial charge in [0.05, 0.1) is 0 Å². The summed E-state index contributed by atoms with van der Waals surface area (Å²) in [6.07, 6.45) is 1.83. The molecule has 0 atom stereocenters. The van der Waals surface area contributed by atoms with Crippen LogP contribution in [0, 0.1) is 17.6 Å².